The molecule has 3 aromatic heterocycles. The van der Waals surface area contributed by atoms with Crippen molar-refractivity contribution in [1.82, 2.24) is 14.9 Å². The molecule has 0 saturated carbocycles. The van der Waals surface area contributed by atoms with E-state index in [9.17, 15) is 14.7 Å². The summed E-state index contributed by atoms with van der Waals surface area (Å²) in [5.74, 6) is -1.13. The summed E-state index contributed by atoms with van der Waals surface area (Å²) in [7, 11) is 0. The summed E-state index contributed by atoms with van der Waals surface area (Å²) in [6, 6.07) is 9.70. The molecule has 3 aromatic rings. The third-order valence-electron chi connectivity index (χ3n) is 4.61. The lowest BCUT2D eigenvalue weighted by molar-refractivity contribution is -0.130. The number of carbonyl (C=O) groups is 2. The van der Waals surface area contributed by atoms with Crippen LogP contribution in [0.5, 0.6) is 0 Å². The molecule has 0 saturated heterocycles. The molecule has 1 aliphatic heterocycles. The molecule has 0 aromatic carbocycles. The van der Waals surface area contributed by atoms with E-state index in [0.717, 1.165) is 5.56 Å². The number of amides is 1. The molecule has 1 atom stereocenters. The van der Waals surface area contributed by atoms with Crippen molar-refractivity contribution >= 4 is 17.8 Å². The van der Waals surface area contributed by atoms with Crippen molar-refractivity contribution in [2.45, 2.75) is 12.6 Å². The van der Waals surface area contributed by atoms with Gasteiger partial charge in [-0.05, 0) is 53.6 Å². The molecule has 0 radical (unpaired) electrons. The molecule has 4 rings (SSSR count). The minimum atomic E-state index is -0.737. The third-order valence-corrected chi connectivity index (χ3v) is 4.61. The van der Waals surface area contributed by atoms with Crippen molar-refractivity contribution < 1.29 is 19.1 Å². The van der Waals surface area contributed by atoms with Crippen molar-refractivity contribution in [1.29, 1.82) is 0 Å². The van der Waals surface area contributed by atoms with Crippen LogP contribution in [0.2, 0.25) is 0 Å². The fraction of sp³-hybridized carbons (Fsp3) is 0.0909. The summed E-state index contributed by atoms with van der Waals surface area (Å²) in [5.41, 5.74) is 1.48. The number of rotatable bonds is 6. The van der Waals surface area contributed by atoms with Gasteiger partial charge in [-0.25, -0.2) is 0 Å². The van der Waals surface area contributed by atoms with Gasteiger partial charge < -0.3 is 14.4 Å². The first-order valence-electron chi connectivity index (χ1n) is 8.94. The van der Waals surface area contributed by atoms with E-state index in [0.29, 0.717) is 11.3 Å². The highest BCUT2D eigenvalue weighted by atomic mass is 16.3. The first kappa shape index (κ1) is 18.4. The number of allylic oxidation sites excluding steroid dienone is 1. The fourth-order valence-corrected chi connectivity index (χ4v) is 3.28. The largest absolute Gasteiger partial charge is 0.503 e. The summed E-state index contributed by atoms with van der Waals surface area (Å²) < 4.78 is 5.20. The zero-order valence-corrected chi connectivity index (χ0v) is 15.3. The zero-order valence-electron chi connectivity index (χ0n) is 15.3. The Morgan fingerprint density at radius 3 is 2.66 bits per heavy atom. The van der Waals surface area contributed by atoms with E-state index in [1.165, 1.54) is 23.3 Å². The van der Waals surface area contributed by atoms with Crippen molar-refractivity contribution in [3.05, 3.63) is 102 Å². The van der Waals surface area contributed by atoms with E-state index in [4.69, 9.17) is 4.42 Å². The maximum atomic E-state index is 12.9. The second-order valence-electron chi connectivity index (χ2n) is 6.45. The van der Waals surface area contributed by atoms with Gasteiger partial charge in [0, 0.05) is 31.3 Å². The predicted molar refractivity (Wildman–Crippen MR) is 104 cm³/mol. The first-order valence-corrected chi connectivity index (χ1v) is 8.94. The van der Waals surface area contributed by atoms with Crippen LogP contribution >= 0.6 is 0 Å². The highest BCUT2D eigenvalue weighted by Gasteiger charge is 2.42. The van der Waals surface area contributed by atoms with Gasteiger partial charge in [0.1, 0.15) is 5.76 Å². The van der Waals surface area contributed by atoms with E-state index < -0.39 is 23.5 Å². The number of nitrogens with zero attached hydrogens (tertiary/aromatic N) is 3. The topological polar surface area (TPSA) is 96.5 Å². The number of hydrogen-bond donors (Lipinski definition) is 1. The van der Waals surface area contributed by atoms with Crippen molar-refractivity contribution in [3.8, 4) is 0 Å². The van der Waals surface area contributed by atoms with Crippen LogP contribution in [0.1, 0.15) is 22.9 Å². The predicted octanol–water partition coefficient (Wildman–Crippen LogP) is 3.25. The standard InChI is InChI=1S/C22H17N3O4/c26-18(6-5-17-4-2-12-29-17)19-20(16-7-10-23-11-8-16)25(22(28)21(19)27)14-15-3-1-9-24-13-15/h1-13,20,27H,14H2. The Bertz CT molecular complexity index is 1070. The highest BCUT2D eigenvalue weighted by Crippen LogP contribution is 2.38. The minimum Gasteiger partial charge on any atom is -0.503 e. The van der Waals surface area contributed by atoms with Crippen LogP contribution in [-0.2, 0) is 16.1 Å². The van der Waals surface area contributed by atoms with Crippen LogP contribution in [0.4, 0.5) is 0 Å². The molecular formula is C22H17N3O4. The van der Waals surface area contributed by atoms with E-state index in [1.807, 2.05) is 6.07 Å². The number of pyridine rings is 2. The Morgan fingerprint density at radius 1 is 1.14 bits per heavy atom. The minimum absolute atomic E-state index is 0.0212. The number of hydrogen-bond acceptors (Lipinski definition) is 6. The number of furan rings is 1. The molecule has 0 fully saturated rings. The van der Waals surface area contributed by atoms with Crippen LogP contribution in [0.15, 0.2) is 89.3 Å². The summed E-state index contributed by atoms with van der Waals surface area (Å²) in [4.78, 5) is 35.3. The zero-order chi connectivity index (χ0) is 20.2. The molecule has 1 aliphatic rings. The summed E-state index contributed by atoms with van der Waals surface area (Å²) in [6.07, 6.45) is 10.7. The molecule has 7 nitrogen and oxygen atoms in total. The summed E-state index contributed by atoms with van der Waals surface area (Å²) >= 11 is 0. The van der Waals surface area contributed by atoms with Crippen LogP contribution in [0.3, 0.4) is 0 Å². The lowest BCUT2D eigenvalue weighted by atomic mass is 9.96. The maximum absolute atomic E-state index is 12.9. The normalized spacial score (nSPS) is 16.8. The average Bonchev–Trinajstić information content (AvgIpc) is 3.36. The quantitative estimate of drug-likeness (QED) is 0.652. The van der Waals surface area contributed by atoms with E-state index >= 15 is 0 Å². The second-order valence-corrected chi connectivity index (χ2v) is 6.45. The molecule has 4 heterocycles. The molecule has 1 amide bonds. The van der Waals surface area contributed by atoms with Gasteiger partial charge in [-0.3, -0.25) is 19.6 Å². The number of aromatic nitrogens is 2. The lowest BCUT2D eigenvalue weighted by Crippen LogP contribution is -2.30. The molecule has 1 N–H and O–H groups in total. The Kier molecular flexibility index (Phi) is 5.03. The van der Waals surface area contributed by atoms with Crippen LogP contribution in [-0.4, -0.2) is 31.7 Å². The van der Waals surface area contributed by atoms with Gasteiger partial charge in [0.05, 0.1) is 17.9 Å². The van der Waals surface area contributed by atoms with Crippen molar-refractivity contribution in [3.63, 3.8) is 0 Å². The van der Waals surface area contributed by atoms with Gasteiger partial charge >= 0.3 is 0 Å². The summed E-state index contributed by atoms with van der Waals surface area (Å²) in [6.45, 7) is 0.197. The van der Waals surface area contributed by atoms with Gasteiger partial charge in [0.2, 0.25) is 0 Å². The van der Waals surface area contributed by atoms with Gasteiger partial charge in [-0.2, -0.15) is 0 Å². The van der Waals surface area contributed by atoms with Crippen LogP contribution in [0.25, 0.3) is 6.08 Å². The molecule has 29 heavy (non-hydrogen) atoms. The molecule has 0 aliphatic carbocycles. The smallest absolute Gasteiger partial charge is 0.290 e. The van der Waals surface area contributed by atoms with Crippen LogP contribution < -0.4 is 0 Å². The van der Waals surface area contributed by atoms with Crippen LogP contribution in [0, 0.1) is 0 Å². The van der Waals surface area contributed by atoms with E-state index in [2.05, 4.69) is 9.97 Å². The average molecular weight is 387 g/mol. The second kappa shape index (κ2) is 7.93. The van der Waals surface area contributed by atoms with Gasteiger partial charge in [0.15, 0.2) is 11.5 Å². The molecule has 144 valence electrons. The highest BCUT2D eigenvalue weighted by molar-refractivity contribution is 6.14. The Labute approximate surface area is 166 Å². The molecule has 0 bridgehead atoms. The molecule has 7 heteroatoms. The Balaban J connectivity index is 1.71. The van der Waals surface area contributed by atoms with E-state index in [-0.39, 0.29) is 12.1 Å². The molecule has 1 unspecified atom stereocenters. The first-order chi connectivity index (χ1) is 14.1. The molecule has 0 spiro atoms. The monoisotopic (exact) mass is 387 g/mol. The lowest BCUT2D eigenvalue weighted by Gasteiger charge is -2.26. The number of aliphatic hydroxyl groups excluding tert-OH is 1. The van der Waals surface area contributed by atoms with Gasteiger partial charge in [-0.1, -0.05) is 6.07 Å². The third kappa shape index (κ3) is 3.70. The van der Waals surface area contributed by atoms with E-state index in [1.54, 1.807) is 55.1 Å². The number of carbonyl (C=O) groups excluding carboxylic acids is 2. The molecular weight excluding hydrogens is 370 g/mol. The van der Waals surface area contributed by atoms with Gasteiger partial charge in [0.25, 0.3) is 5.91 Å². The SMILES string of the molecule is O=C(C=Cc1ccco1)C1=C(O)C(=O)N(Cc2cccnc2)C1c1ccncc1. The number of ketones is 1. The number of aliphatic hydroxyl groups is 1. The Hall–Kier alpha value is -4.00. The van der Waals surface area contributed by atoms with Gasteiger partial charge in [-0.15, -0.1) is 0 Å². The van der Waals surface area contributed by atoms with Crippen molar-refractivity contribution in [2.24, 2.45) is 0 Å². The Morgan fingerprint density at radius 2 is 1.97 bits per heavy atom. The van der Waals surface area contributed by atoms with Crippen molar-refractivity contribution in [2.75, 3.05) is 0 Å². The fourth-order valence-electron chi connectivity index (χ4n) is 3.28. The maximum Gasteiger partial charge on any atom is 0.290 e. The summed E-state index contributed by atoms with van der Waals surface area (Å²) in [5, 5.41) is 10.5.